The fraction of sp³-hybridized carbons (Fsp3) is 0.642. The first-order valence-corrected chi connectivity index (χ1v) is 24.2. The van der Waals surface area contributed by atoms with Gasteiger partial charge in [-0.1, -0.05) is 38.1 Å². The molecule has 0 bridgehead atoms. The van der Waals surface area contributed by atoms with Gasteiger partial charge in [-0.05, 0) is 176 Å². The molecule has 14 heteroatoms. The van der Waals surface area contributed by atoms with E-state index in [1.54, 1.807) is 41.9 Å². The van der Waals surface area contributed by atoms with E-state index in [4.69, 9.17) is 24.1 Å². The number of carbonyl (C=O) groups excluding carboxylic acids is 3. The van der Waals surface area contributed by atoms with Gasteiger partial charge in [-0.2, -0.15) is 0 Å². The molecule has 5 aliphatic rings. The standard InChI is InChI=1S/C20H31NO2.C13H19NO4.C12H17NO.C8H14O2.2H2O/c1-20(15-22)11-7-18(8-12-20)21-13-9-17(10-14-21)16-3-5-19(23-2)6-4-16;1-5-17-12(15)10-7-11(13(16)18-6-2)9(4)14-8(10)3;1-14-12-4-2-10(3-5-12)11-6-8-13-9-7-11;1-8(6-9)4-2-7(10)3-5-8;;/h3-6,17-18,22H,7-15H2,1-2H3;14H,5-7H2,1-4H3;2-5,11,13H,6-9H2,1H3;9H,2-6H2,1H3;2*1H2. The minimum atomic E-state index is -0.392. The molecule has 3 aliphatic heterocycles. The van der Waals surface area contributed by atoms with Crippen molar-refractivity contribution in [2.75, 3.05) is 66.8 Å². The Hall–Kier alpha value is -4.31. The zero-order valence-electron chi connectivity index (χ0n) is 41.9. The molecule has 2 aromatic carbocycles. The van der Waals surface area contributed by atoms with Gasteiger partial charge in [0.2, 0.25) is 0 Å². The van der Waals surface area contributed by atoms with Gasteiger partial charge in [0.1, 0.15) is 17.3 Å². The summed E-state index contributed by atoms with van der Waals surface area (Å²) in [5.74, 6) is 2.90. The summed E-state index contributed by atoms with van der Waals surface area (Å²) in [6.45, 7) is 17.3. The molecule has 0 aromatic heterocycles. The number of nitrogens with zero attached hydrogens (tertiary/aromatic N) is 1. The lowest BCUT2D eigenvalue weighted by Gasteiger charge is -2.43. The molecule has 3 heterocycles. The number of ether oxygens (including phenoxy) is 4. The molecular formula is C53H85N3O11. The molecule has 8 N–H and O–H groups in total. The monoisotopic (exact) mass is 940 g/mol. The molecule has 4 fully saturated rings. The SMILES string of the molecule is CC1(CO)CCC(=O)CC1.CCOC(=O)C1=C(C)NC(C)=C(C(=O)OCC)C1.COc1ccc(C2CCN(C3CCC(C)(CO)CC3)CC2)cc1.COc1ccc(C2CCNCC2)cc1.O.O. The number of hydrogen-bond acceptors (Lipinski definition) is 12. The third-order valence-corrected chi connectivity index (χ3v) is 14.2. The number of aliphatic hydroxyl groups excluding tert-OH is 2. The van der Waals surface area contributed by atoms with Gasteiger partial charge in [0.25, 0.3) is 0 Å². The summed E-state index contributed by atoms with van der Waals surface area (Å²) in [5.41, 5.74) is 5.52. The number of dihydropyridines is 1. The number of methoxy groups -OCH3 is 2. The van der Waals surface area contributed by atoms with E-state index in [1.807, 2.05) is 6.92 Å². The van der Waals surface area contributed by atoms with Gasteiger partial charge in [0, 0.05) is 49.9 Å². The summed E-state index contributed by atoms with van der Waals surface area (Å²) < 4.78 is 20.3. The van der Waals surface area contributed by atoms with Crippen LogP contribution in [0.5, 0.6) is 11.5 Å². The van der Waals surface area contributed by atoms with Crippen molar-refractivity contribution in [3.63, 3.8) is 0 Å². The Morgan fingerprint density at radius 2 is 1.06 bits per heavy atom. The molecule has 2 aromatic rings. The fourth-order valence-corrected chi connectivity index (χ4v) is 9.38. The van der Waals surface area contributed by atoms with Gasteiger partial charge in [-0.25, -0.2) is 9.59 Å². The summed E-state index contributed by atoms with van der Waals surface area (Å²) in [4.78, 5) is 37.0. The van der Waals surface area contributed by atoms with Crippen LogP contribution in [0.4, 0.5) is 0 Å². The van der Waals surface area contributed by atoms with E-state index in [2.05, 4.69) is 71.0 Å². The van der Waals surface area contributed by atoms with E-state index >= 15 is 0 Å². The summed E-state index contributed by atoms with van der Waals surface area (Å²) in [7, 11) is 3.43. The molecule has 2 saturated heterocycles. The van der Waals surface area contributed by atoms with Gasteiger partial charge >= 0.3 is 11.9 Å². The van der Waals surface area contributed by atoms with Crippen LogP contribution in [0.15, 0.2) is 71.1 Å². The van der Waals surface area contributed by atoms with E-state index < -0.39 is 11.9 Å². The Morgan fingerprint density at radius 1 is 0.657 bits per heavy atom. The van der Waals surface area contributed by atoms with Crippen molar-refractivity contribution >= 4 is 17.7 Å². The van der Waals surface area contributed by atoms with Crippen LogP contribution in [0.1, 0.15) is 148 Å². The van der Waals surface area contributed by atoms with Crippen molar-refractivity contribution in [3.05, 3.63) is 82.2 Å². The second kappa shape index (κ2) is 29.5. The van der Waals surface area contributed by atoms with Crippen LogP contribution in [0, 0.1) is 10.8 Å². The first-order chi connectivity index (χ1) is 31.2. The average Bonchev–Trinajstić information content (AvgIpc) is 3.34. The van der Waals surface area contributed by atoms with Gasteiger partial charge in [-0.15, -0.1) is 0 Å². The summed E-state index contributed by atoms with van der Waals surface area (Å²) in [5, 5.41) is 24.8. The number of esters is 2. The molecule has 7 rings (SSSR count). The Morgan fingerprint density at radius 3 is 1.45 bits per heavy atom. The molecule has 0 radical (unpaired) electrons. The van der Waals surface area contributed by atoms with Crippen LogP contribution in [-0.2, 0) is 23.9 Å². The highest BCUT2D eigenvalue weighted by Crippen LogP contribution is 2.39. The number of carbonyl (C=O) groups is 3. The lowest BCUT2D eigenvalue weighted by molar-refractivity contribution is -0.139. The Bertz CT molecular complexity index is 1790. The van der Waals surface area contributed by atoms with Crippen molar-refractivity contribution in [2.24, 2.45) is 10.8 Å². The number of Topliss-reactive ketones (excluding diaryl/α,β-unsaturated/α-hetero) is 1. The summed E-state index contributed by atoms with van der Waals surface area (Å²) in [6.07, 6.45) is 13.2. The first kappa shape index (κ1) is 58.8. The number of likely N-dealkylation sites (tertiary alicyclic amines) is 1. The molecule has 2 saturated carbocycles. The third-order valence-electron chi connectivity index (χ3n) is 14.2. The second-order valence-corrected chi connectivity index (χ2v) is 19.0. The smallest absolute Gasteiger partial charge is 0.336 e. The summed E-state index contributed by atoms with van der Waals surface area (Å²) in [6, 6.07) is 17.8. The van der Waals surface area contributed by atoms with E-state index in [-0.39, 0.29) is 34.8 Å². The Kier molecular flexibility index (Phi) is 25.9. The number of aliphatic hydroxyl groups is 2. The number of benzene rings is 2. The lowest BCUT2D eigenvalue weighted by atomic mass is 9.74. The minimum Gasteiger partial charge on any atom is -0.497 e. The van der Waals surface area contributed by atoms with Gasteiger partial charge in [-0.3, -0.25) is 4.79 Å². The zero-order chi connectivity index (χ0) is 47.4. The molecular weight excluding hydrogens is 855 g/mol. The predicted octanol–water partition coefficient (Wildman–Crippen LogP) is 7.11. The topological polar surface area (TPSA) is 219 Å². The van der Waals surface area contributed by atoms with E-state index in [1.165, 1.54) is 75.6 Å². The highest BCUT2D eigenvalue weighted by atomic mass is 16.5. The normalized spacial score (nSPS) is 22.0. The van der Waals surface area contributed by atoms with Crippen LogP contribution in [0.2, 0.25) is 0 Å². The zero-order valence-corrected chi connectivity index (χ0v) is 41.9. The van der Waals surface area contributed by atoms with Crippen molar-refractivity contribution in [1.82, 2.24) is 15.5 Å². The molecule has 0 unspecified atom stereocenters. The number of nitrogens with one attached hydrogen (secondary N) is 2. The predicted molar refractivity (Wildman–Crippen MR) is 264 cm³/mol. The van der Waals surface area contributed by atoms with Gasteiger partial charge < -0.3 is 55.6 Å². The highest BCUT2D eigenvalue weighted by molar-refractivity contribution is 5.96. The molecule has 378 valence electrons. The molecule has 0 spiro atoms. The average molecular weight is 940 g/mol. The summed E-state index contributed by atoms with van der Waals surface area (Å²) >= 11 is 0. The minimum absolute atomic E-state index is 0. The van der Waals surface area contributed by atoms with Crippen LogP contribution in [0.3, 0.4) is 0 Å². The number of ketones is 1. The molecule has 67 heavy (non-hydrogen) atoms. The third kappa shape index (κ3) is 18.3. The van der Waals surface area contributed by atoms with Crippen molar-refractivity contribution in [1.29, 1.82) is 0 Å². The fourth-order valence-electron chi connectivity index (χ4n) is 9.38. The Labute approximate surface area is 400 Å². The van der Waals surface area contributed by atoms with Crippen LogP contribution >= 0.6 is 0 Å². The maximum Gasteiger partial charge on any atom is 0.336 e. The number of allylic oxidation sites excluding steroid dienone is 2. The molecule has 14 nitrogen and oxygen atoms in total. The maximum absolute atomic E-state index is 11.7. The number of rotatable bonds is 11. The van der Waals surface area contributed by atoms with Gasteiger partial charge in [0.15, 0.2) is 0 Å². The van der Waals surface area contributed by atoms with Crippen molar-refractivity contribution in [3.8, 4) is 11.5 Å². The van der Waals surface area contributed by atoms with E-state index in [0.29, 0.717) is 55.5 Å². The second-order valence-electron chi connectivity index (χ2n) is 19.0. The van der Waals surface area contributed by atoms with Crippen LogP contribution < -0.4 is 20.1 Å². The molecule has 0 amide bonds. The van der Waals surface area contributed by atoms with Crippen LogP contribution in [-0.4, -0.2) is 117 Å². The molecule has 2 aliphatic carbocycles. The van der Waals surface area contributed by atoms with Gasteiger partial charge in [0.05, 0.1) is 38.6 Å². The van der Waals surface area contributed by atoms with Crippen molar-refractivity contribution < 1.29 is 54.5 Å². The van der Waals surface area contributed by atoms with Crippen LogP contribution in [0.25, 0.3) is 0 Å². The largest absolute Gasteiger partial charge is 0.497 e. The highest BCUT2D eigenvalue weighted by Gasteiger charge is 2.35. The molecule has 0 atom stereocenters. The lowest BCUT2D eigenvalue weighted by Crippen LogP contribution is -2.44. The number of piperidine rings is 2. The quantitative estimate of drug-likeness (QED) is 0.166. The maximum atomic E-state index is 11.7. The number of hydrogen-bond donors (Lipinski definition) is 4. The van der Waals surface area contributed by atoms with Crippen molar-refractivity contribution in [2.45, 2.75) is 143 Å². The Balaban J connectivity index is 0.000000316. The van der Waals surface area contributed by atoms with E-state index in [0.717, 1.165) is 60.8 Å². The first-order valence-electron chi connectivity index (χ1n) is 24.2. The van der Waals surface area contributed by atoms with E-state index in [9.17, 15) is 19.5 Å².